The van der Waals surface area contributed by atoms with Crippen LogP contribution in [0.1, 0.15) is 17.2 Å². The van der Waals surface area contributed by atoms with Gasteiger partial charge in [-0.15, -0.1) is 0 Å². The molecule has 2 N–H and O–H groups in total. The molecule has 0 aliphatic heterocycles. The second kappa shape index (κ2) is 6.03. The van der Waals surface area contributed by atoms with Crippen molar-refractivity contribution in [2.75, 3.05) is 11.9 Å². The maximum absolute atomic E-state index is 10.1. The molecule has 94 valence electrons. The summed E-state index contributed by atoms with van der Waals surface area (Å²) >= 11 is 3.42. The van der Waals surface area contributed by atoms with Crippen molar-refractivity contribution in [1.82, 2.24) is 0 Å². The van der Waals surface area contributed by atoms with Crippen molar-refractivity contribution in [3.63, 3.8) is 0 Å². The van der Waals surface area contributed by atoms with Crippen LogP contribution in [0.5, 0.6) is 0 Å². The first kappa shape index (κ1) is 13.1. The van der Waals surface area contributed by atoms with Crippen LogP contribution in [0.25, 0.3) is 0 Å². The van der Waals surface area contributed by atoms with Crippen LogP contribution < -0.4 is 5.32 Å². The molecule has 1 unspecified atom stereocenters. The van der Waals surface area contributed by atoms with Crippen molar-refractivity contribution in [3.05, 3.63) is 64.1 Å². The summed E-state index contributed by atoms with van der Waals surface area (Å²) < 4.78 is 1.03. The monoisotopic (exact) mass is 305 g/mol. The summed E-state index contributed by atoms with van der Waals surface area (Å²) in [4.78, 5) is 0. The number of aliphatic hydroxyl groups is 1. The van der Waals surface area contributed by atoms with E-state index in [1.54, 1.807) is 0 Å². The first-order valence-corrected chi connectivity index (χ1v) is 6.68. The molecular formula is C15H16BrNO. The number of anilines is 1. The van der Waals surface area contributed by atoms with Crippen molar-refractivity contribution >= 4 is 21.6 Å². The second-order valence-corrected chi connectivity index (χ2v) is 5.23. The highest BCUT2D eigenvalue weighted by Gasteiger charge is 2.06. The Kier molecular flexibility index (Phi) is 4.39. The largest absolute Gasteiger partial charge is 0.387 e. The Morgan fingerprint density at radius 2 is 1.89 bits per heavy atom. The molecular weight excluding hydrogens is 290 g/mol. The molecule has 2 aromatic rings. The maximum atomic E-state index is 10.1. The van der Waals surface area contributed by atoms with E-state index in [4.69, 9.17) is 0 Å². The van der Waals surface area contributed by atoms with Gasteiger partial charge in [-0.2, -0.15) is 0 Å². The van der Waals surface area contributed by atoms with E-state index in [2.05, 4.69) is 21.2 Å². The van der Waals surface area contributed by atoms with Gasteiger partial charge >= 0.3 is 0 Å². The summed E-state index contributed by atoms with van der Waals surface area (Å²) in [5, 5.41) is 13.3. The molecule has 2 nitrogen and oxygen atoms in total. The highest BCUT2D eigenvalue weighted by Crippen LogP contribution is 2.18. The van der Waals surface area contributed by atoms with E-state index in [-0.39, 0.29) is 0 Å². The van der Waals surface area contributed by atoms with Crippen LogP contribution in [-0.4, -0.2) is 11.7 Å². The minimum absolute atomic E-state index is 0.496. The van der Waals surface area contributed by atoms with Crippen molar-refractivity contribution in [3.8, 4) is 0 Å². The average Bonchev–Trinajstić information content (AvgIpc) is 2.37. The van der Waals surface area contributed by atoms with E-state index >= 15 is 0 Å². The lowest BCUT2D eigenvalue weighted by Gasteiger charge is -2.13. The molecule has 0 spiro atoms. The predicted octanol–water partition coefficient (Wildman–Crippen LogP) is 3.90. The highest BCUT2D eigenvalue weighted by atomic mass is 79.9. The van der Waals surface area contributed by atoms with Crippen LogP contribution in [0.2, 0.25) is 0 Å². The first-order valence-electron chi connectivity index (χ1n) is 5.89. The minimum atomic E-state index is -0.496. The predicted molar refractivity (Wildman–Crippen MR) is 78.8 cm³/mol. The van der Waals surface area contributed by atoms with Gasteiger partial charge in [0.05, 0.1) is 6.10 Å². The van der Waals surface area contributed by atoms with Crippen molar-refractivity contribution in [2.45, 2.75) is 13.0 Å². The number of aliphatic hydroxyl groups excluding tert-OH is 1. The number of nitrogens with one attached hydrogen (secondary N) is 1. The zero-order chi connectivity index (χ0) is 13.0. The third-order valence-corrected chi connectivity index (χ3v) is 3.28. The standard InChI is InChI=1S/C15H16BrNO/c1-11-5-7-12(8-6-11)15(18)10-17-14-4-2-3-13(16)9-14/h2-9,15,17-18H,10H2,1H3. The minimum Gasteiger partial charge on any atom is -0.387 e. The molecule has 2 aromatic carbocycles. The van der Waals surface area contributed by atoms with Crippen LogP contribution in [-0.2, 0) is 0 Å². The summed E-state index contributed by atoms with van der Waals surface area (Å²) in [6.45, 7) is 2.54. The summed E-state index contributed by atoms with van der Waals surface area (Å²) in [6, 6.07) is 15.8. The molecule has 0 fully saturated rings. The Hall–Kier alpha value is -1.32. The molecule has 0 saturated carbocycles. The number of rotatable bonds is 4. The fourth-order valence-corrected chi connectivity index (χ4v) is 2.12. The molecule has 0 heterocycles. The Morgan fingerprint density at radius 1 is 1.17 bits per heavy atom. The summed E-state index contributed by atoms with van der Waals surface area (Å²) in [6.07, 6.45) is -0.496. The lowest BCUT2D eigenvalue weighted by Crippen LogP contribution is -2.12. The average molecular weight is 306 g/mol. The summed E-state index contributed by atoms with van der Waals surface area (Å²) in [5.41, 5.74) is 3.13. The number of halogens is 1. The van der Waals surface area contributed by atoms with Crippen LogP contribution in [0, 0.1) is 6.92 Å². The molecule has 0 saturated heterocycles. The van der Waals surface area contributed by atoms with Crippen molar-refractivity contribution in [1.29, 1.82) is 0 Å². The topological polar surface area (TPSA) is 32.3 Å². The van der Waals surface area contributed by atoms with E-state index in [1.165, 1.54) is 5.56 Å². The van der Waals surface area contributed by atoms with Gasteiger partial charge in [-0.3, -0.25) is 0 Å². The zero-order valence-corrected chi connectivity index (χ0v) is 11.8. The molecule has 18 heavy (non-hydrogen) atoms. The van der Waals surface area contributed by atoms with Gasteiger partial charge in [0.2, 0.25) is 0 Å². The molecule has 0 aromatic heterocycles. The molecule has 1 atom stereocenters. The Balaban J connectivity index is 1.96. The van der Waals surface area contributed by atoms with E-state index in [9.17, 15) is 5.11 Å². The van der Waals surface area contributed by atoms with Crippen LogP contribution in [0.4, 0.5) is 5.69 Å². The molecule has 0 aliphatic carbocycles. The Morgan fingerprint density at radius 3 is 2.56 bits per heavy atom. The molecule has 3 heteroatoms. The van der Waals surface area contributed by atoms with E-state index in [0.717, 1.165) is 15.7 Å². The van der Waals surface area contributed by atoms with Gasteiger partial charge in [-0.05, 0) is 30.7 Å². The van der Waals surface area contributed by atoms with Crippen LogP contribution in [0.15, 0.2) is 53.0 Å². The maximum Gasteiger partial charge on any atom is 0.0962 e. The highest BCUT2D eigenvalue weighted by molar-refractivity contribution is 9.10. The molecule has 0 bridgehead atoms. The smallest absolute Gasteiger partial charge is 0.0962 e. The third kappa shape index (κ3) is 3.59. The van der Waals surface area contributed by atoms with Crippen LogP contribution >= 0.6 is 15.9 Å². The third-order valence-electron chi connectivity index (χ3n) is 2.79. The van der Waals surface area contributed by atoms with Gasteiger partial charge in [0, 0.05) is 16.7 Å². The fraction of sp³-hybridized carbons (Fsp3) is 0.200. The number of benzene rings is 2. The van der Waals surface area contributed by atoms with Crippen molar-refractivity contribution < 1.29 is 5.11 Å². The number of hydrogen-bond donors (Lipinski definition) is 2. The molecule has 0 amide bonds. The van der Waals surface area contributed by atoms with Gasteiger partial charge in [-0.1, -0.05) is 51.8 Å². The molecule has 0 radical (unpaired) electrons. The Labute approximate surface area is 116 Å². The van der Waals surface area contributed by atoms with Crippen LogP contribution in [0.3, 0.4) is 0 Å². The SMILES string of the molecule is Cc1ccc(C(O)CNc2cccc(Br)c2)cc1. The quantitative estimate of drug-likeness (QED) is 0.898. The van der Waals surface area contributed by atoms with E-state index in [1.807, 2.05) is 55.5 Å². The summed E-state index contributed by atoms with van der Waals surface area (Å²) in [5.74, 6) is 0. The van der Waals surface area contributed by atoms with Gasteiger partial charge in [-0.25, -0.2) is 0 Å². The summed E-state index contributed by atoms with van der Waals surface area (Å²) in [7, 11) is 0. The number of aryl methyl sites for hydroxylation is 1. The zero-order valence-electron chi connectivity index (χ0n) is 10.2. The Bertz CT molecular complexity index is 510. The van der Waals surface area contributed by atoms with Gasteiger partial charge in [0.25, 0.3) is 0 Å². The van der Waals surface area contributed by atoms with Gasteiger partial charge in [0.15, 0.2) is 0 Å². The first-order chi connectivity index (χ1) is 8.65. The van der Waals surface area contributed by atoms with Gasteiger partial charge < -0.3 is 10.4 Å². The molecule has 2 rings (SSSR count). The second-order valence-electron chi connectivity index (χ2n) is 4.32. The van der Waals surface area contributed by atoms with E-state index in [0.29, 0.717) is 6.54 Å². The van der Waals surface area contributed by atoms with Gasteiger partial charge in [0.1, 0.15) is 0 Å². The lowest BCUT2D eigenvalue weighted by molar-refractivity contribution is 0.191. The normalized spacial score (nSPS) is 12.2. The molecule has 0 aliphatic rings. The van der Waals surface area contributed by atoms with Crippen molar-refractivity contribution in [2.24, 2.45) is 0 Å². The van der Waals surface area contributed by atoms with E-state index < -0.39 is 6.10 Å². The number of hydrogen-bond acceptors (Lipinski definition) is 2. The lowest BCUT2D eigenvalue weighted by atomic mass is 10.1. The fourth-order valence-electron chi connectivity index (χ4n) is 1.72.